The van der Waals surface area contributed by atoms with Gasteiger partial charge in [-0.2, -0.15) is 0 Å². The SMILES string of the molecule is Nc1ncnc2pcn([C@@H]3O[C@H](CO)[C@@H](O)[C@H]3O)c12. The summed E-state index contributed by atoms with van der Waals surface area (Å²) in [5.41, 5.74) is 6.38. The highest BCUT2D eigenvalue weighted by Gasteiger charge is 2.43. The average molecular weight is 284 g/mol. The van der Waals surface area contributed by atoms with E-state index in [1.807, 2.05) is 0 Å². The zero-order valence-corrected chi connectivity index (χ0v) is 10.7. The van der Waals surface area contributed by atoms with E-state index in [2.05, 4.69) is 9.97 Å². The maximum Gasteiger partial charge on any atom is 0.163 e. The van der Waals surface area contributed by atoms with Gasteiger partial charge < -0.3 is 30.4 Å². The van der Waals surface area contributed by atoms with Crippen LogP contribution >= 0.6 is 8.19 Å². The summed E-state index contributed by atoms with van der Waals surface area (Å²) in [5.74, 6) is 2.03. The standard InChI is InChI=1S/C10H13N4O4P/c11-8-5-9(13-2-12-8)19-3-14(5)10-7(17)6(16)4(1-15)18-10/h2-4,6-7,10,15-17H,1H2,(H2,11,12,13)/t4-,6-,7-,10-/m1/s1. The van der Waals surface area contributed by atoms with Crippen LogP contribution in [0.15, 0.2) is 12.3 Å². The molecule has 3 rings (SSSR count). The first-order valence-corrected chi connectivity index (χ1v) is 6.65. The summed E-state index contributed by atoms with van der Waals surface area (Å²) in [6, 6.07) is 0. The van der Waals surface area contributed by atoms with Crippen molar-refractivity contribution >= 4 is 24.8 Å². The second-order valence-corrected chi connectivity index (χ2v) is 5.22. The molecule has 0 unspecified atom stereocenters. The number of nitrogens with two attached hydrogens (primary N) is 1. The molecular formula is C10H13N4O4P. The van der Waals surface area contributed by atoms with Crippen molar-refractivity contribution in [1.82, 2.24) is 14.5 Å². The summed E-state index contributed by atoms with van der Waals surface area (Å²) in [5, 5.41) is 29.6. The number of aliphatic hydroxyl groups excluding tert-OH is 3. The van der Waals surface area contributed by atoms with E-state index in [-0.39, 0.29) is 12.4 Å². The molecule has 0 amide bonds. The lowest BCUT2D eigenvalue weighted by atomic mass is 10.1. The van der Waals surface area contributed by atoms with Crippen molar-refractivity contribution in [2.24, 2.45) is 0 Å². The highest BCUT2D eigenvalue weighted by atomic mass is 31.0. The van der Waals surface area contributed by atoms with E-state index >= 15 is 0 Å². The molecule has 2 aromatic rings. The predicted molar refractivity (Wildman–Crippen MR) is 67.5 cm³/mol. The second-order valence-electron chi connectivity index (χ2n) is 4.31. The fourth-order valence-electron chi connectivity index (χ4n) is 2.20. The van der Waals surface area contributed by atoms with Gasteiger partial charge in [0.15, 0.2) is 12.0 Å². The molecule has 1 fully saturated rings. The van der Waals surface area contributed by atoms with Gasteiger partial charge in [-0.1, -0.05) is 0 Å². The molecule has 0 spiro atoms. The number of nitrogen functional groups attached to an aromatic ring is 1. The van der Waals surface area contributed by atoms with Gasteiger partial charge in [0.2, 0.25) is 0 Å². The normalized spacial score (nSPS) is 31.5. The summed E-state index contributed by atoms with van der Waals surface area (Å²) in [4.78, 5) is 8.01. The number of hydrogen-bond donors (Lipinski definition) is 4. The second kappa shape index (κ2) is 4.66. The van der Waals surface area contributed by atoms with Crippen LogP contribution in [0, 0.1) is 0 Å². The number of ether oxygens (including phenoxy) is 1. The Labute approximate surface area is 109 Å². The maximum absolute atomic E-state index is 10.0. The Morgan fingerprint density at radius 3 is 2.84 bits per heavy atom. The lowest BCUT2D eigenvalue weighted by Gasteiger charge is -2.17. The van der Waals surface area contributed by atoms with Crippen LogP contribution in [0.25, 0.3) is 10.8 Å². The van der Waals surface area contributed by atoms with Gasteiger partial charge in [-0.3, -0.25) is 0 Å². The van der Waals surface area contributed by atoms with Crippen molar-refractivity contribution in [3.05, 3.63) is 12.3 Å². The van der Waals surface area contributed by atoms with Crippen LogP contribution in [0.5, 0.6) is 0 Å². The number of fused-ring (bicyclic) bond motifs is 1. The van der Waals surface area contributed by atoms with Crippen LogP contribution in [-0.2, 0) is 4.74 Å². The van der Waals surface area contributed by atoms with Crippen LogP contribution in [-0.4, -0.2) is 54.8 Å². The molecule has 1 aliphatic heterocycles. The smallest absolute Gasteiger partial charge is 0.163 e. The van der Waals surface area contributed by atoms with Gasteiger partial charge in [-0.25, -0.2) is 9.97 Å². The minimum absolute atomic E-state index is 0.281. The van der Waals surface area contributed by atoms with Gasteiger partial charge in [0, 0.05) is 5.93 Å². The summed E-state index contributed by atoms with van der Waals surface area (Å²) >= 11 is 0. The molecule has 0 saturated carbocycles. The zero-order chi connectivity index (χ0) is 13.6. The molecule has 19 heavy (non-hydrogen) atoms. The molecule has 2 aromatic heterocycles. The van der Waals surface area contributed by atoms with E-state index in [1.165, 1.54) is 6.33 Å². The van der Waals surface area contributed by atoms with Crippen molar-refractivity contribution in [3.8, 4) is 0 Å². The number of nitrogens with zero attached hydrogens (tertiary/aromatic N) is 3. The highest BCUT2D eigenvalue weighted by molar-refractivity contribution is 7.35. The monoisotopic (exact) mass is 284 g/mol. The van der Waals surface area contributed by atoms with Gasteiger partial charge in [-0.05, 0) is 8.19 Å². The summed E-state index contributed by atoms with van der Waals surface area (Å²) in [6.07, 6.45) is -2.55. The maximum atomic E-state index is 10.0. The first-order valence-electron chi connectivity index (χ1n) is 5.69. The molecule has 8 nitrogen and oxygen atoms in total. The summed E-state index contributed by atoms with van der Waals surface area (Å²) < 4.78 is 7.07. The van der Waals surface area contributed by atoms with Crippen LogP contribution in [0.4, 0.5) is 5.82 Å². The molecule has 9 heteroatoms. The van der Waals surface area contributed by atoms with E-state index in [9.17, 15) is 10.2 Å². The molecule has 0 aliphatic carbocycles. The Hall–Kier alpha value is -1.31. The Balaban J connectivity index is 2.06. The van der Waals surface area contributed by atoms with Crippen molar-refractivity contribution in [2.45, 2.75) is 24.5 Å². The fourth-order valence-corrected chi connectivity index (χ4v) is 3.15. The minimum Gasteiger partial charge on any atom is -0.394 e. The average Bonchev–Trinajstić information content (AvgIpc) is 2.94. The molecule has 1 aliphatic rings. The van der Waals surface area contributed by atoms with Crippen molar-refractivity contribution in [1.29, 1.82) is 0 Å². The highest BCUT2D eigenvalue weighted by Crippen LogP contribution is 2.36. The lowest BCUT2D eigenvalue weighted by molar-refractivity contribution is -0.0503. The molecule has 5 N–H and O–H groups in total. The number of anilines is 1. The van der Waals surface area contributed by atoms with E-state index in [1.54, 1.807) is 10.5 Å². The molecule has 0 radical (unpaired) electrons. The van der Waals surface area contributed by atoms with Gasteiger partial charge in [-0.15, -0.1) is 0 Å². The van der Waals surface area contributed by atoms with Gasteiger partial charge in [0.05, 0.1) is 6.61 Å². The molecule has 102 valence electrons. The van der Waals surface area contributed by atoms with E-state index < -0.39 is 24.5 Å². The molecule has 4 atom stereocenters. The first kappa shape index (κ1) is 12.7. The van der Waals surface area contributed by atoms with Crippen LogP contribution in [0.1, 0.15) is 6.23 Å². The number of aromatic nitrogens is 3. The summed E-state index contributed by atoms with van der Waals surface area (Å²) in [6.45, 7) is -0.367. The third kappa shape index (κ3) is 1.89. The third-order valence-electron chi connectivity index (χ3n) is 3.19. The van der Waals surface area contributed by atoms with Crippen molar-refractivity contribution in [2.75, 3.05) is 12.3 Å². The van der Waals surface area contributed by atoms with E-state index in [0.717, 1.165) is 8.19 Å². The molecule has 1 saturated heterocycles. The Morgan fingerprint density at radius 2 is 2.16 bits per heavy atom. The largest absolute Gasteiger partial charge is 0.394 e. The molecule has 0 bridgehead atoms. The van der Waals surface area contributed by atoms with Crippen LogP contribution in [0.2, 0.25) is 0 Å². The van der Waals surface area contributed by atoms with Crippen molar-refractivity contribution < 1.29 is 20.1 Å². The van der Waals surface area contributed by atoms with Gasteiger partial charge >= 0.3 is 0 Å². The van der Waals surface area contributed by atoms with Crippen LogP contribution < -0.4 is 5.73 Å². The molecule has 3 heterocycles. The number of hydrogen-bond acceptors (Lipinski definition) is 7. The molecule has 0 aromatic carbocycles. The predicted octanol–water partition coefficient (Wildman–Crippen LogP) is -0.795. The Morgan fingerprint density at radius 1 is 1.37 bits per heavy atom. The number of rotatable bonds is 2. The van der Waals surface area contributed by atoms with Crippen LogP contribution in [0.3, 0.4) is 0 Å². The van der Waals surface area contributed by atoms with Crippen molar-refractivity contribution in [3.63, 3.8) is 0 Å². The van der Waals surface area contributed by atoms with Gasteiger partial charge in [0.1, 0.15) is 35.4 Å². The lowest BCUT2D eigenvalue weighted by Crippen LogP contribution is -2.33. The van der Waals surface area contributed by atoms with E-state index in [4.69, 9.17) is 15.6 Å². The minimum atomic E-state index is -1.14. The topological polar surface area (TPSA) is 127 Å². The fraction of sp³-hybridized carbons (Fsp3) is 0.500. The number of aliphatic hydroxyl groups is 3. The van der Waals surface area contributed by atoms with E-state index in [0.29, 0.717) is 10.8 Å². The Kier molecular flexibility index (Phi) is 3.12. The quantitative estimate of drug-likeness (QED) is 0.569. The summed E-state index contributed by atoms with van der Waals surface area (Å²) in [7, 11) is 0.808. The van der Waals surface area contributed by atoms with Gasteiger partial charge in [0.25, 0.3) is 0 Å². The first-order chi connectivity index (χ1) is 9.13. The molecular weight excluding hydrogens is 271 g/mol. The zero-order valence-electron chi connectivity index (χ0n) is 9.79. The third-order valence-corrected chi connectivity index (χ3v) is 4.12. The Bertz CT molecular complexity index is 606.